The molecule has 2 heterocycles. The van der Waals surface area contributed by atoms with Crippen LogP contribution >= 0.6 is 11.3 Å². The molecule has 0 aliphatic carbocycles. The number of rotatable bonds is 4. The summed E-state index contributed by atoms with van der Waals surface area (Å²) in [4.78, 5) is 17.1. The van der Waals surface area contributed by atoms with E-state index in [4.69, 9.17) is 11.5 Å². The number of hydrogen-bond donors (Lipinski definition) is 3. The van der Waals surface area contributed by atoms with E-state index in [0.717, 1.165) is 16.8 Å². The topological polar surface area (TPSA) is 119 Å². The van der Waals surface area contributed by atoms with Crippen LogP contribution in [0.5, 0.6) is 0 Å². The second-order valence-electron chi connectivity index (χ2n) is 8.00. The highest BCUT2D eigenvalue weighted by Crippen LogP contribution is 2.41. The van der Waals surface area contributed by atoms with Gasteiger partial charge in [-0.05, 0) is 35.6 Å². The smallest absolute Gasteiger partial charge is 0.290 e. The molecule has 160 valence electrons. The van der Waals surface area contributed by atoms with Crippen molar-refractivity contribution in [2.24, 2.45) is 0 Å². The highest BCUT2D eigenvalue weighted by molar-refractivity contribution is 7.21. The Bertz CT molecular complexity index is 1380. The Hall–Kier alpha value is -3.89. The molecule has 2 aromatic carbocycles. The van der Waals surface area contributed by atoms with Gasteiger partial charge < -0.3 is 11.1 Å². The molecule has 1 amide bonds. The molecule has 6 nitrogen and oxygen atoms in total. The summed E-state index contributed by atoms with van der Waals surface area (Å²) in [6, 6.07) is 17.8. The summed E-state index contributed by atoms with van der Waals surface area (Å²) in [6.07, 6.45) is 0. The Kier molecular flexibility index (Phi) is 5.56. The predicted octanol–water partition coefficient (Wildman–Crippen LogP) is 5.10. The lowest BCUT2D eigenvalue weighted by Gasteiger charge is -2.10. The van der Waals surface area contributed by atoms with Gasteiger partial charge in [0.15, 0.2) is 4.83 Å². The molecule has 7 heteroatoms. The van der Waals surface area contributed by atoms with E-state index in [-0.39, 0.29) is 11.7 Å². The summed E-state index contributed by atoms with van der Waals surface area (Å²) >= 11 is 1.23. The first-order valence-electron chi connectivity index (χ1n) is 10.3. The quantitative estimate of drug-likeness (QED) is 0.407. The van der Waals surface area contributed by atoms with Gasteiger partial charge in [-0.3, -0.25) is 10.5 Å². The molecule has 0 fully saturated rings. The monoisotopic (exact) mass is 442 g/mol. The van der Waals surface area contributed by atoms with Crippen molar-refractivity contribution in [2.45, 2.75) is 26.7 Å². The fraction of sp³-hybridized carbons (Fsp3) is 0.160. The van der Waals surface area contributed by atoms with Crippen molar-refractivity contribution in [1.29, 1.82) is 5.26 Å². The molecule has 0 aliphatic rings. The van der Waals surface area contributed by atoms with Gasteiger partial charge in [0.2, 0.25) is 0 Å². The molecule has 0 bridgehead atoms. The molecule has 0 saturated heterocycles. The minimum absolute atomic E-state index is 0.245. The number of nitrogens with one attached hydrogen (secondary N) is 2. The maximum atomic E-state index is 13.1. The second kappa shape index (κ2) is 8.33. The van der Waals surface area contributed by atoms with Crippen LogP contribution < -0.4 is 21.8 Å². The number of aryl methyl sites for hydroxylation is 1. The number of nitrogens with two attached hydrogens (primary N) is 2. The summed E-state index contributed by atoms with van der Waals surface area (Å²) in [5, 5.41) is 13.4. The summed E-state index contributed by atoms with van der Waals surface area (Å²) in [5.74, 6) is 0.330. The SMILES string of the molecule is Cc1ccccc1NC(=O)c1sc2[nH+]c(N)c(C#N)c(-c3ccc(C(C)C)cc3)c2c1N. The minimum atomic E-state index is -0.301. The first kappa shape index (κ1) is 21.3. The molecule has 2 aromatic heterocycles. The first-order valence-corrected chi connectivity index (χ1v) is 11.1. The van der Waals surface area contributed by atoms with Crippen LogP contribution in [0.2, 0.25) is 0 Å². The number of nitrogen functional groups attached to an aromatic ring is 2. The number of thiophene rings is 1. The van der Waals surface area contributed by atoms with Gasteiger partial charge >= 0.3 is 0 Å². The molecule has 4 rings (SSSR count). The molecule has 0 unspecified atom stereocenters. The number of pyridine rings is 1. The number of carbonyl (C=O) groups is 1. The summed E-state index contributed by atoms with van der Waals surface area (Å²) in [6.45, 7) is 6.18. The number of aromatic amines is 1. The van der Waals surface area contributed by atoms with Gasteiger partial charge in [-0.15, -0.1) is 0 Å². The average Bonchev–Trinajstić information content (AvgIpc) is 3.10. The van der Waals surface area contributed by atoms with Crippen LogP contribution in [0.3, 0.4) is 0 Å². The molecule has 32 heavy (non-hydrogen) atoms. The number of H-pyrrole nitrogens is 1. The van der Waals surface area contributed by atoms with Crippen molar-refractivity contribution in [3.8, 4) is 17.2 Å². The van der Waals surface area contributed by atoms with E-state index >= 15 is 0 Å². The molecular weight excluding hydrogens is 418 g/mol. The van der Waals surface area contributed by atoms with Crippen LogP contribution in [0.15, 0.2) is 48.5 Å². The molecule has 0 saturated carbocycles. The highest BCUT2D eigenvalue weighted by Gasteiger charge is 2.26. The molecule has 0 aliphatic heterocycles. The normalized spacial score (nSPS) is 11.0. The number of para-hydroxylation sites is 1. The number of aromatic nitrogens is 1. The zero-order valence-electron chi connectivity index (χ0n) is 18.1. The Balaban J connectivity index is 1.89. The number of hydrogen-bond acceptors (Lipinski definition) is 5. The molecule has 0 spiro atoms. The molecule has 0 atom stereocenters. The number of nitrogens with zero attached hydrogens (tertiary/aromatic N) is 1. The minimum Gasteiger partial charge on any atom is -0.397 e. The summed E-state index contributed by atoms with van der Waals surface area (Å²) in [7, 11) is 0. The van der Waals surface area contributed by atoms with E-state index in [1.165, 1.54) is 16.9 Å². The fourth-order valence-corrected chi connectivity index (χ4v) is 4.76. The van der Waals surface area contributed by atoms with Gasteiger partial charge in [-0.2, -0.15) is 5.26 Å². The lowest BCUT2D eigenvalue weighted by molar-refractivity contribution is -0.323. The maximum Gasteiger partial charge on any atom is 0.290 e. The third kappa shape index (κ3) is 3.66. The number of carbonyl (C=O) groups excluding carboxylic acids is 1. The van der Waals surface area contributed by atoms with Crippen molar-refractivity contribution in [1.82, 2.24) is 0 Å². The molecular formula is C25H24N5OS+. The lowest BCUT2D eigenvalue weighted by Crippen LogP contribution is -2.14. The largest absolute Gasteiger partial charge is 0.397 e. The van der Waals surface area contributed by atoms with Gasteiger partial charge in [-0.1, -0.05) is 67.6 Å². The molecule has 4 aromatic rings. The van der Waals surface area contributed by atoms with E-state index in [1.54, 1.807) is 0 Å². The van der Waals surface area contributed by atoms with Gasteiger partial charge in [0.05, 0.1) is 11.1 Å². The van der Waals surface area contributed by atoms with E-state index in [0.29, 0.717) is 37.8 Å². The van der Waals surface area contributed by atoms with Crippen molar-refractivity contribution in [3.05, 3.63) is 70.1 Å². The zero-order chi connectivity index (χ0) is 23.0. The van der Waals surface area contributed by atoms with Gasteiger partial charge in [0.1, 0.15) is 16.5 Å². The Labute approximate surface area is 190 Å². The number of fused-ring (bicyclic) bond motifs is 1. The average molecular weight is 443 g/mol. The fourth-order valence-electron chi connectivity index (χ4n) is 3.72. The molecule has 0 radical (unpaired) electrons. The van der Waals surface area contributed by atoms with E-state index in [9.17, 15) is 10.1 Å². The number of anilines is 3. The zero-order valence-corrected chi connectivity index (χ0v) is 18.9. The number of benzene rings is 2. The number of amides is 1. The standard InChI is InChI=1S/C25H23N5OS/c1-13(2)15-8-10-16(11-9-15)19-17(12-26)23(28)30-25-20(19)21(27)22(32-25)24(31)29-18-7-5-4-6-14(18)3/h4-11,13H,27H2,1-3H3,(H2,28,30)(H,29,31)/p+1. The van der Waals surface area contributed by atoms with Crippen LogP contribution in [-0.4, -0.2) is 5.91 Å². The maximum absolute atomic E-state index is 13.1. The summed E-state index contributed by atoms with van der Waals surface area (Å²) < 4.78 is 0. The predicted molar refractivity (Wildman–Crippen MR) is 131 cm³/mol. The first-order chi connectivity index (χ1) is 15.3. The van der Waals surface area contributed by atoms with Crippen LogP contribution in [0.4, 0.5) is 17.2 Å². The van der Waals surface area contributed by atoms with Crippen molar-refractivity contribution >= 4 is 44.7 Å². The third-order valence-corrected chi connectivity index (χ3v) is 6.66. The third-order valence-electron chi connectivity index (χ3n) is 5.54. The number of nitriles is 1. The van der Waals surface area contributed by atoms with Gasteiger partial charge in [0.25, 0.3) is 11.7 Å². The Morgan fingerprint density at radius 3 is 2.44 bits per heavy atom. The van der Waals surface area contributed by atoms with Crippen molar-refractivity contribution in [3.63, 3.8) is 0 Å². The van der Waals surface area contributed by atoms with Gasteiger partial charge in [-0.25, -0.2) is 4.98 Å². The molecule has 6 N–H and O–H groups in total. The lowest BCUT2D eigenvalue weighted by atomic mass is 9.94. The highest BCUT2D eigenvalue weighted by atomic mass is 32.1. The van der Waals surface area contributed by atoms with Gasteiger partial charge in [0, 0.05) is 11.3 Å². The van der Waals surface area contributed by atoms with Crippen LogP contribution in [0, 0.1) is 18.3 Å². The van der Waals surface area contributed by atoms with E-state index < -0.39 is 0 Å². The van der Waals surface area contributed by atoms with Crippen LogP contribution in [0.25, 0.3) is 21.3 Å². The summed E-state index contributed by atoms with van der Waals surface area (Å²) in [5.41, 5.74) is 17.6. The second-order valence-corrected chi connectivity index (χ2v) is 9.02. The van der Waals surface area contributed by atoms with Crippen LogP contribution in [-0.2, 0) is 0 Å². The Morgan fingerprint density at radius 1 is 1.12 bits per heavy atom. The van der Waals surface area contributed by atoms with E-state index in [2.05, 4.69) is 30.2 Å². The Morgan fingerprint density at radius 2 is 1.81 bits per heavy atom. The van der Waals surface area contributed by atoms with E-state index in [1.807, 2.05) is 55.5 Å². The van der Waals surface area contributed by atoms with Crippen LogP contribution in [0.1, 0.15) is 46.1 Å². The van der Waals surface area contributed by atoms with Crippen molar-refractivity contribution < 1.29 is 9.78 Å². The van der Waals surface area contributed by atoms with Crippen molar-refractivity contribution in [2.75, 3.05) is 16.8 Å².